The molecule has 0 radical (unpaired) electrons. The van der Waals surface area contributed by atoms with Crippen LogP contribution in [0.15, 0.2) is 36.4 Å². The topological polar surface area (TPSA) is 91.5 Å². The van der Waals surface area contributed by atoms with Crippen LogP contribution in [-0.4, -0.2) is 35.5 Å². The highest BCUT2D eigenvalue weighted by Crippen LogP contribution is 2.38. The fourth-order valence-electron chi connectivity index (χ4n) is 3.46. The van der Waals surface area contributed by atoms with Gasteiger partial charge in [0.05, 0.1) is 30.5 Å². The second-order valence-electron chi connectivity index (χ2n) is 6.59. The van der Waals surface area contributed by atoms with Gasteiger partial charge in [-0.15, -0.1) is 0 Å². The monoisotopic (exact) mass is 380 g/mol. The van der Waals surface area contributed by atoms with Crippen molar-refractivity contribution in [3.63, 3.8) is 0 Å². The van der Waals surface area contributed by atoms with Gasteiger partial charge >= 0.3 is 0 Å². The van der Waals surface area contributed by atoms with Crippen molar-refractivity contribution in [3.8, 4) is 28.4 Å². The summed E-state index contributed by atoms with van der Waals surface area (Å²) in [5.41, 5.74) is 4.37. The molecule has 3 aromatic rings. The molecule has 1 N–H and O–H groups in total. The summed E-state index contributed by atoms with van der Waals surface area (Å²) >= 11 is 0. The second-order valence-corrected chi connectivity index (χ2v) is 6.59. The van der Waals surface area contributed by atoms with Crippen LogP contribution in [0, 0.1) is 17.0 Å². The summed E-state index contributed by atoms with van der Waals surface area (Å²) in [5.74, 6) is 2.21. The first-order valence-electron chi connectivity index (χ1n) is 8.86. The predicted molar refractivity (Wildman–Crippen MR) is 106 cm³/mol. The van der Waals surface area contributed by atoms with Gasteiger partial charge in [-0.1, -0.05) is 6.07 Å². The first-order valence-corrected chi connectivity index (χ1v) is 8.86. The molecule has 2 aromatic carbocycles. The van der Waals surface area contributed by atoms with E-state index in [1.54, 1.807) is 31.0 Å². The van der Waals surface area contributed by atoms with E-state index in [9.17, 15) is 10.1 Å². The molecule has 0 saturated heterocycles. The first kappa shape index (κ1) is 17.8. The van der Waals surface area contributed by atoms with Gasteiger partial charge < -0.3 is 14.8 Å². The molecule has 0 spiro atoms. The molecule has 2 heterocycles. The summed E-state index contributed by atoms with van der Waals surface area (Å²) in [6.45, 7) is 2.70. The molecule has 0 fully saturated rings. The summed E-state index contributed by atoms with van der Waals surface area (Å²) in [7, 11) is 3.21. The Labute approximate surface area is 161 Å². The minimum Gasteiger partial charge on any atom is -0.497 e. The lowest BCUT2D eigenvalue weighted by molar-refractivity contribution is -0.384. The molecular weight excluding hydrogens is 360 g/mol. The number of hydrogen-bond acceptors (Lipinski definition) is 6. The maximum absolute atomic E-state index is 11.2. The van der Waals surface area contributed by atoms with Crippen LogP contribution in [0.1, 0.15) is 11.1 Å². The third-order valence-corrected chi connectivity index (χ3v) is 4.91. The number of nitro benzene ring substituents is 1. The van der Waals surface area contributed by atoms with E-state index in [2.05, 4.69) is 5.32 Å². The lowest BCUT2D eigenvalue weighted by Crippen LogP contribution is -2.06. The Morgan fingerprint density at radius 3 is 2.50 bits per heavy atom. The fourth-order valence-corrected chi connectivity index (χ4v) is 3.46. The highest BCUT2D eigenvalue weighted by Gasteiger charge is 2.26. The molecule has 0 unspecified atom stereocenters. The Morgan fingerprint density at radius 2 is 1.86 bits per heavy atom. The maximum atomic E-state index is 11.2. The van der Waals surface area contributed by atoms with Crippen LogP contribution in [0.4, 0.5) is 11.5 Å². The highest BCUT2D eigenvalue weighted by atomic mass is 16.6. The number of nitrogens with one attached hydrogen (secondary N) is 1. The Hall–Kier alpha value is -3.55. The molecule has 1 aliphatic rings. The third kappa shape index (κ3) is 2.92. The van der Waals surface area contributed by atoms with E-state index in [1.807, 2.05) is 25.1 Å². The number of non-ortho nitro benzene ring substituents is 1. The van der Waals surface area contributed by atoms with Gasteiger partial charge in [-0.3, -0.25) is 10.1 Å². The van der Waals surface area contributed by atoms with E-state index in [1.165, 1.54) is 6.07 Å². The predicted octanol–water partition coefficient (Wildman–Crippen LogP) is 3.74. The SMILES string of the molecule is COc1cc(OC)cc(-c2nn(-c3cc([N+](=O)[O-])ccc3C)c3c2CCN3)c1. The molecular formula is C20H20N4O4. The van der Waals surface area contributed by atoms with E-state index in [4.69, 9.17) is 14.6 Å². The number of anilines is 1. The number of aryl methyl sites for hydroxylation is 1. The van der Waals surface area contributed by atoms with Crippen molar-refractivity contribution in [1.82, 2.24) is 9.78 Å². The minimum absolute atomic E-state index is 0.0347. The molecule has 28 heavy (non-hydrogen) atoms. The van der Waals surface area contributed by atoms with Crippen LogP contribution < -0.4 is 14.8 Å². The second kappa shape index (κ2) is 6.88. The number of aromatic nitrogens is 2. The average Bonchev–Trinajstić information content (AvgIpc) is 3.30. The lowest BCUT2D eigenvalue weighted by Gasteiger charge is -2.10. The van der Waals surface area contributed by atoms with Gasteiger partial charge in [0.25, 0.3) is 5.69 Å². The molecule has 0 saturated carbocycles. The molecule has 8 heteroatoms. The number of nitrogens with zero attached hydrogens (tertiary/aromatic N) is 3. The molecule has 0 aliphatic carbocycles. The third-order valence-electron chi connectivity index (χ3n) is 4.91. The summed E-state index contributed by atoms with van der Waals surface area (Å²) in [5, 5.41) is 19.4. The van der Waals surface area contributed by atoms with Crippen molar-refractivity contribution in [1.29, 1.82) is 0 Å². The zero-order valence-corrected chi connectivity index (χ0v) is 15.9. The highest BCUT2D eigenvalue weighted by molar-refractivity contribution is 5.75. The molecule has 4 rings (SSSR count). The van der Waals surface area contributed by atoms with Crippen LogP contribution in [-0.2, 0) is 6.42 Å². The maximum Gasteiger partial charge on any atom is 0.271 e. The summed E-state index contributed by atoms with van der Waals surface area (Å²) in [4.78, 5) is 10.8. The minimum atomic E-state index is -0.395. The molecule has 0 atom stereocenters. The summed E-state index contributed by atoms with van der Waals surface area (Å²) in [6, 6.07) is 10.4. The van der Waals surface area contributed by atoms with Gasteiger partial charge in [0.15, 0.2) is 0 Å². The van der Waals surface area contributed by atoms with Crippen LogP contribution in [0.2, 0.25) is 0 Å². The van der Waals surface area contributed by atoms with Crippen molar-refractivity contribution in [2.75, 3.05) is 26.1 Å². The fraction of sp³-hybridized carbons (Fsp3) is 0.250. The molecule has 1 aliphatic heterocycles. The van der Waals surface area contributed by atoms with Gasteiger partial charge in [0.1, 0.15) is 17.3 Å². The number of methoxy groups -OCH3 is 2. The van der Waals surface area contributed by atoms with E-state index < -0.39 is 4.92 Å². The van der Waals surface area contributed by atoms with Crippen molar-refractivity contribution >= 4 is 11.5 Å². The van der Waals surface area contributed by atoms with E-state index in [0.717, 1.165) is 41.2 Å². The van der Waals surface area contributed by atoms with Crippen LogP contribution in [0.5, 0.6) is 11.5 Å². The van der Waals surface area contributed by atoms with E-state index in [0.29, 0.717) is 17.2 Å². The largest absolute Gasteiger partial charge is 0.497 e. The molecule has 0 bridgehead atoms. The van der Waals surface area contributed by atoms with Crippen molar-refractivity contribution in [2.24, 2.45) is 0 Å². The van der Waals surface area contributed by atoms with Gasteiger partial charge in [-0.05, 0) is 31.0 Å². The molecule has 0 amide bonds. The normalized spacial score (nSPS) is 12.4. The van der Waals surface area contributed by atoms with Crippen LogP contribution >= 0.6 is 0 Å². The Balaban J connectivity index is 1.91. The zero-order valence-electron chi connectivity index (χ0n) is 15.9. The van der Waals surface area contributed by atoms with Crippen LogP contribution in [0.25, 0.3) is 16.9 Å². The van der Waals surface area contributed by atoms with Gasteiger partial charge in [0.2, 0.25) is 0 Å². The van der Waals surface area contributed by atoms with Crippen molar-refractivity contribution in [3.05, 3.63) is 57.6 Å². The van der Waals surface area contributed by atoms with E-state index in [-0.39, 0.29) is 5.69 Å². The summed E-state index contributed by atoms with van der Waals surface area (Å²) < 4.78 is 12.5. The average molecular weight is 380 g/mol. The number of benzene rings is 2. The van der Waals surface area contributed by atoms with Gasteiger partial charge in [0, 0.05) is 35.9 Å². The Bertz CT molecular complexity index is 1050. The first-order chi connectivity index (χ1) is 13.5. The van der Waals surface area contributed by atoms with E-state index >= 15 is 0 Å². The number of hydrogen-bond donors (Lipinski definition) is 1. The number of nitro groups is 1. The Kier molecular flexibility index (Phi) is 4.38. The molecule has 144 valence electrons. The Morgan fingerprint density at radius 1 is 1.14 bits per heavy atom. The quantitative estimate of drug-likeness (QED) is 0.535. The van der Waals surface area contributed by atoms with Crippen molar-refractivity contribution < 1.29 is 14.4 Å². The number of rotatable bonds is 5. The molecule has 8 nitrogen and oxygen atoms in total. The lowest BCUT2D eigenvalue weighted by atomic mass is 10.1. The standard InChI is InChI=1S/C20H20N4O4/c1-12-4-5-14(24(25)26)10-18(12)23-20-17(6-7-21-20)19(22-23)13-8-15(27-2)11-16(9-13)28-3/h4-5,8-11,21H,6-7H2,1-3H3. The van der Waals surface area contributed by atoms with Crippen molar-refractivity contribution in [2.45, 2.75) is 13.3 Å². The number of fused-ring (bicyclic) bond motifs is 1. The summed E-state index contributed by atoms with van der Waals surface area (Å²) in [6.07, 6.45) is 0.818. The zero-order chi connectivity index (χ0) is 19.8. The van der Waals surface area contributed by atoms with Gasteiger partial charge in [-0.2, -0.15) is 5.10 Å². The molecule has 1 aromatic heterocycles. The van der Waals surface area contributed by atoms with Crippen LogP contribution in [0.3, 0.4) is 0 Å². The van der Waals surface area contributed by atoms with Gasteiger partial charge in [-0.25, -0.2) is 4.68 Å². The smallest absolute Gasteiger partial charge is 0.271 e. The number of ether oxygens (including phenoxy) is 2.